The van der Waals surface area contributed by atoms with Crippen LogP contribution in [0.3, 0.4) is 0 Å². The van der Waals surface area contributed by atoms with Crippen LogP contribution in [0.1, 0.15) is 32.6 Å². The van der Waals surface area contributed by atoms with Crippen LogP contribution in [-0.2, 0) is 9.59 Å². The maximum Gasteiger partial charge on any atom is 0.240 e. The van der Waals surface area contributed by atoms with Gasteiger partial charge < -0.3 is 15.5 Å². The maximum atomic E-state index is 12.2. The fourth-order valence-corrected chi connectivity index (χ4v) is 2.57. The van der Waals surface area contributed by atoms with Crippen LogP contribution in [0.15, 0.2) is 0 Å². The Kier molecular flexibility index (Phi) is 4.58. The molecule has 5 nitrogen and oxygen atoms in total. The van der Waals surface area contributed by atoms with Crippen LogP contribution < -0.4 is 10.6 Å². The van der Waals surface area contributed by atoms with Crippen molar-refractivity contribution in [2.75, 3.05) is 26.2 Å². The Hall–Kier alpha value is -1.10. The van der Waals surface area contributed by atoms with E-state index in [1.807, 2.05) is 11.8 Å². The number of nitrogens with one attached hydrogen (secondary N) is 2. The first-order chi connectivity index (χ1) is 8.70. The Morgan fingerprint density at radius 2 is 2.28 bits per heavy atom. The normalized spacial score (nSPS) is 24.8. The van der Waals surface area contributed by atoms with Gasteiger partial charge >= 0.3 is 0 Å². The van der Waals surface area contributed by atoms with Gasteiger partial charge in [-0.3, -0.25) is 9.59 Å². The summed E-state index contributed by atoms with van der Waals surface area (Å²) in [6.07, 6.45) is 4.05. The Morgan fingerprint density at radius 1 is 1.50 bits per heavy atom. The molecule has 2 amide bonds. The van der Waals surface area contributed by atoms with E-state index in [-0.39, 0.29) is 24.3 Å². The lowest BCUT2D eigenvalue weighted by Crippen LogP contribution is -2.57. The fraction of sp³-hybridized carbons (Fsp3) is 0.846. The lowest BCUT2D eigenvalue weighted by Gasteiger charge is -2.37. The van der Waals surface area contributed by atoms with Crippen molar-refractivity contribution in [1.29, 1.82) is 0 Å². The van der Waals surface area contributed by atoms with E-state index < -0.39 is 0 Å². The molecule has 0 aromatic rings. The zero-order chi connectivity index (χ0) is 13.0. The number of amides is 2. The van der Waals surface area contributed by atoms with Gasteiger partial charge in [-0.1, -0.05) is 6.42 Å². The molecule has 0 spiro atoms. The molecule has 2 rings (SSSR count). The van der Waals surface area contributed by atoms with Crippen molar-refractivity contribution < 1.29 is 9.59 Å². The molecule has 2 aliphatic rings. The molecule has 0 bridgehead atoms. The second-order valence-corrected chi connectivity index (χ2v) is 5.25. The van der Waals surface area contributed by atoms with E-state index in [1.54, 1.807) is 0 Å². The third-order valence-corrected chi connectivity index (χ3v) is 3.85. The summed E-state index contributed by atoms with van der Waals surface area (Å²) in [4.78, 5) is 25.7. The van der Waals surface area contributed by atoms with Gasteiger partial charge in [0, 0.05) is 26.2 Å². The number of rotatable bonds is 5. The maximum absolute atomic E-state index is 12.2. The predicted molar refractivity (Wildman–Crippen MR) is 69.0 cm³/mol. The van der Waals surface area contributed by atoms with Crippen LogP contribution >= 0.6 is 0 Å². The molecule has 1 aliphatic carbocycles. The molecular weight excluding hydrogens is 230 g/mol. The van der Waals surface area contributed by atoms with Crippen LogP contribution in [0.25, 0.3) is 0 Å². The molecule has 102 valence electrons. The first kappa shape index (κ1) is 13.3. The SMILES string of the molecule is CCNC(=O)CC1NCCN(CC2CCC2)C1=O. The molecule has 2 N–H and O–H groups in total. The Balaban J connectivity index is 1.83. The van der Waals surface area contributed by atoms with Crippen LogP contribution in [-0.4, -0.2) is 48.9 Å². The molecule has 1 saturated carbocycles. The first-order valence-corrected chi connectivity index (χ1v) is 6.99. The van der Waals surface area contributed by atoms with E-state index >= 15 is 0 Å². The van der Waals surface area contributed by atoms with Gasteiger partial charge in [0.2, 0.25) is 11.8 Å². The Labute approximate surface area is 108 Å². The smallest absolute Gasteiger partial charge is 0.240 e. The highest BCUT2D eigenvalue weighted by molar-refractivity contribution is 5.88. The molecule has 1 atom stereocenters. The molecule has 18 heavy (non-hydrogen) atoms. The molecule has 1 aliphatic heterocycles. The van der Waals surface area contributed by atoms with Gasteiger partial charge in [-0.2, -0.15) is 0 Å². The first-order valence-electron chi connectivity index (χ1n) is 6.99. The van der Waals surface area contributed by atoms with E-state index in [9.17, 15) is 9.59 Å². The van der Waals surface area contributed by atoms with E-state index in [2.05, 4.69) is 10.6 Å². The fourth-order valence-electron chi connectivity index (χ4n) is 2.57. The summed E-state index contributed by atoms with van der Waals surface area (Å²) in [5.74, 6) is 0.741. The zero-order valence-corrected chi connectivity index (χ0v) is 11.1. The van der Waals surface area contributed by atoms with Gasteiger partial charge in [0.25, 0.3) is 0 Å². The number of hydrogen-bond acceptors (Lipinski definition) is 3. The van der Waals surface area contributed by atoms with Gasteiger partial charge in [0.1, 0.15) is 0 Å². The van der Waals surface area contributed by atoms with Gasteiger partial charge in [0.15, 0.2) is 0 Å². The number of nitrogens with zero attached hydrogens (tertiary/aromatic N) is 1. The highest BCUT2D eigenvalue weighted by Crippen LogP contribution is 2.27. The van der Waals surface area contributed by atoms with Crippen LogP contribution in [0, 0.1) is 5.92 Å². The van der Waals surface area contributed by atoms with E-state index in [0.717, 1.165) is 19.6 Å². The van der Waals surface area contributed by atoms with Gasteiger partial charge in [-0.15, -0.1) is 0 Å². The number of piperazine rings is 1. The van der Waals surface area contributed by atoms with Crippen molar-refractivity contribution >= 4 is 11.8 Å². The second-order valence-electron chi connectivity index (χ2n) is 5.25. The van der Waals surface area contributed by atoms with Gasteiger partial charge in [0.05, 0.1) is 12.5 Å². The molecule has 1 unspecified atom stereocenters. The van der Waals surface area contributed by atoms with Crippen molar-refractivity contribution in [1.82, 2.24) is 15.5 Å². The molecule has 0 aromatic carbocycles. The molecule has 2 fully saturated rings. The van der Waals surface area contributed by atoms with Crippen LogP contribution in [0.2, 0.25) is 0 Å². The summed E-state index contributed by atoms with van der Waals surface area (Å²) in [6, 6.07) is -0.328. The van der Waals surface area contributed by atoms with Crippen LogP contribution in [0.4, 0.5) is 0 Å². The van der Waals surface area contributed by atoms with E-state index in [0.29, 0.717) is 12.5 Å². The monoisotopic (exact) mass is 253 g/mol. The summed E-state index contributed by atoms with van der Waals surface area (Å²) in [5.41, 5.74) is 0. The minimum absolute atomic E-state index is 0.0474. The Bertz CT molecular complexity index is 315. The molecular formula is C13H23N3O2. The standard InChI is InChI=1S/C13H23N3O2/c1-2-14-12(17)8-11-13(18)16(7-6-15-11)9-10-4-3-5-10/h10-11,15H,2-9H2,1H3,(H,14,17). The van der Waals surface area contributed by atoms with Crippen molar-refractivity contribution in [2.45, 2.75) is 38.6 Å². The van der Waals surface area contributed by atoms with E-state index in [4.69, 9.17) is 0 Å². The van der Waals surface area contributed by atoms with Crippen molar-refractivity contribution in [3.8, 4) is 0 Å². The lowest BCUT2D eigenvalue weighted by atomic mass is 9.85. The molecule has 5 heteroatoms. The quantitative estimate of drug-likeness (QED) is 0.731. The van der Waals surface area contributed by atoms with Crippen molar-refractivity contribution in [3.05, 3.63) is 0 Å². The average molecular weight is 253 g/mol. The predicted octanol–water partition coefficient (Wildman–Crippen LogP) is 0.113. The third kappa shape index (κ3) is 3.22. The summed E-state index contributed by atoms with van der Waals surface area (Å²) in [6.45, 7) is 4.96. The minimum Gasteiger partial charge on any atom is -0.356 e. The largest absolute Gasteiger partial charge is 0.356 e. The average Bonchev–Trinajstić information content (AvgIpc) is 2.28. The summed E-state index contributed by atoms with van der Waals surface area (Å²) >= 11 is 0. The minimum atomic E-state index is -0.328. The van der Waals surface area contributed by atoms with Crippen molar-refractivity contribution in [2.24, 2.45) is 5.92 Å². The summed E-state index contributed by atoms with van der Waals surface area (Å²) in [5, 5.41) is 5.89. The van der Waals surface area contributed by atoms with Crippen LogP contribution in [0.5, 0.6) is 0 Å². The lowest BCUT2D eigenvalue weighted by molar-refractivity contribution is -0.139. The number of carbonyl (C=O) groups excluding carboxylic acids is 2. The third-order valence-electron chi connectivity index (χ3n) is 3.85. The molecule has 1 saturated heterocycles. The van der Waals surface area contributed by atoms with Gasteiger partial charge in [-0.05, 0) is 25.7 Å². The number of hydrogen-bond donors (Lipinski definition) is 2. The molecule has 0 aromatic heterocycles. The summed E-state index contributed by atoms with van der Waals surface area (Å²) < 4.78 is 0. The highest BCUT2D eigenvalue weighted by atomic mass is 16.2. The zero-order valence-electron chi connectivity index (χ0n) is 11.1. The number of carbonyl (C=O) groups is 2. The highest BCUT2D eigenvalue weighted by Gasteiger charge is 2.32. The second kappa shape index (κ2) is 6.18. The molecule has 0 radical (unpaired) electrons. The van der Waals surface area contributed by atoms with E-state index in [1.165, 1.54) is 19.3 Å². The Morgan fingerprint density at radius 3 is 2.89 bits per heavy atom. The molecule has 1 heterocycles. The summed E-state index contributed by atoms with van der Waals surface area (Å²) in [7, 11) is 0. The van der Waals surface area contributed by atoms with Gasteiger partial charge in [-0.25, -0.2) is 0 Å². The topological polar surface area (TPSA) is 61.4 Å². The van der Waals surface area contributed by atoms with Crippen molar-refractivity contribution in [3.63, 3.8) is 0 Å².